The van der Waals surface area contributed by atoms with Crippen LogP contribution < -0.4 is 5.32 Å². The molecule has 0 saturated carbocycles. The van der Waals surface area contributed by atoms with Gasteiger partial charge in [-0.3, -0.25) is 4.79 Å². The molecule has 0 radical (unpaired) electrons. The fourth-order valence-corrected chi connectivity index (χ4v) is 1.74. The molecule has 1 aromatic rings. The zero-order chi connectivity index (χ0) is 13.2. The number of rotatable bonds is 9. The Hall–Kier alpha value is -1.36. The van der Waals surface area contributed by atoms with Crippen molar-refractivity contribution in [3.8, 4) is 0 Å². The molecule has 0 atom stereocenters. The highest BCUT2D eigenvalue weighted by molar-refractivity contribution is 5.69. The molecule has 0 aliphatic heterocycles. The van der Waals surface area contributed by atoms with E-state index >= 15 is 0 Å². The molecule has 0 saturated heterocycles. The van der Waals surface area contributed by atoms with Crippen molar-refractivity contribution >= 4 is 5.97 Å². The summed E-state index contributed by atoms with van der Waals surface area (Å²) < 4.78 is 7.01. The lowest BCUT2D eigenvalue weighted by Crippen LogP contribution is -2.19. The Morgan fingerprint density at radius 1 is 1.50 bits per heavy atom. The standard InChI is InChI=1S/C13H23N3O2/c1-3-9-16-10-8-15-12(16)11-14-7-5-6-13(17)18-4-2/h8,10,14H,3-7,9,11H2,1-2H3. The second-order valence-electron chi connectivity index (χ2n) is 4.12. The minimum atomic E-state index is -0.119. The third kappa shape index (κ3) is 5.31. The van der Waals surface area contributed by atoms with Crippen LogP contribution in [0, 0.1) is 0 Å². The molecule has 0 spiro atoms. The number of esters is 1. The number of imidazole rings is 1. The Bertz CT molecular complexity index is 350. The second-order valence-corrected chi connectivity index (χ2v) is 4.12. The van der Waals surface area contributed by atoms with Gasteiger partial charge < -0.3 is 14.6 Å². The molecule has 0 bridgehead atoms. The van der Waals surface area contributed by atoms with Crippen LogP contribution in [-0.2, 0) is 22.6 Å². The summed E-state index contributed by atoms with van der Waals surface area (Å²) in [6.45, 7) is 6.98. The zero-order valence-corrected chi connectivity index (χ0v) is 11.3. The number of nitrogens with zero attached hydrogens (tertiary/aromatic N) is 2. The topological polar surface area (TPSA) is 56.2 Å². The van der Waals surface area contributed by atoms with Crippen molar-refractivity contribution < 1.29 is 9.53 Å². The van der Waals surface area contributed by atoms with Gasteiger partial charge in [0, 0.05) is 25.4 Å². The normalized spacial score (nSPS) is 10.6. The number of aromatic nitrogens is 2. The number of nitrogens with one attached hydrogen (secondary N) is 1. The van der Waals surface area contributed by atoms with Crippen LogP contribution in [0.5, 0.6) is 0 Å². The first-order chi connectivity index (χ1) is 8.77. The van der Waals surface area contributed by atoms with E-state index in [9.17, 15) is 4.79 Å². The molecular weight excluding hydrogens is 230 g/mol. The lowest BCUT2D eigenvalue weighted by Gasteiger charge is -2.07. The first kappa shape index (κ1) is 14.7. The summed E-state index contributed by atoms with van der Waals surface area (Å²) in [5.74, 6) is 0.930. The molecule has 5 heteroatoms. The van der Waals surface area contributed by atoms with Crippen LogP contribution in [0.2, 0.25) is 0 Å². The molecule has 1 rings (SSSR count). The van der Waals surface area contributed by atoms with E-state index in [-0.39, 0.29) is 5.97 Å². The Morgan fingerprint density at radius 3 is 3.06 bits per heavy atom. The van der Waals surface area contributed by atoms with Gasteiger partial charge >= 0.3 is 5.97 Å². The Labute approximate surface area is 109 Å². The average Bonchev–Trinajstić information content (AvgIpc) is 2.77. The molecule has 5 nitrogen and oxygen atoms in total. The summed E-state index contributed by atoms with van der Waals surface area (Å²) in [6.07, 6.45) is 6.20. The van der Waals surface area contributed by atoms with E-state index < -0.39 is 0 Å². The summed E-state index contributed by atoms with van der Waals surface area (Å²) in [7, 11) is 0. The summed E-state index contributed by atoms with van der Waals surface area (Å²) >= 11 is 0. The molecule has 0 aliphatic rings. The van der Waals surface area contributed by atoms with Gasteiger partial charge in [-0.05, 0) is 26.3 Å². The van der Waals surface area contributed by atoms with Crippen LogP contribution in [0.4, 0.5) is 0 Å². The number of hydrogen-bond acceptors (Lipinski definition) is 4. The molecule has 0 aromatic carbocycles. The van der Waals surface area contributed by atoms with Crippen LogP contribution in [0.1, 0.15) is 38.9 Å². The summed E-state index contributed by atoms with van der Waals surface area (Å²) in [5, 5.41) is 3.29. The third-order valence-corrected chi connectivity index (χ3v) is 2.59. The van der Waals surface area contributed by atoms with Crippen molar-refractivity contribution in [1.82, 2.24) is 14.9 Å². The number of carbonyl (C=O) groups is 1. The van der Waals surface area contributed by atoms with Crippen LogP contribution in [0.15, 0.2) is 12.4 Å². The van der Waals surface area contributed by atoms with Crippen LogP contribution in [0.25, 0.3) is 0 Å². The van der Waals surface area contributed by atoms with Crippen molar-refractivity contribution in [2.75, 3.05) is 13.2 Å². The van der Waals surface area contributed by atoms with E-state index in [0.717, 1.165) is 38.3 Å². The van der Waals surface area contributed by atoms with Gasteiger partial charge in [-0.15, -0.1) is 0 Å². The fourth-order valence-electron chi connectivity index (χ4n) is 1.74. The maximum Gasteiger partial charge on any atom is 0.305 e. The predicted molar refractivity (Wildman–Crippen MR) is 70.1 cm³/mol. The highest BCUT2D eigenvalue weighted by atomic mass is 16.5. The van der Waals surface area contributed by atoms with Gasteiger partial charge in [-0.25, -0.2) is 4.98 Å². The highest BCUT2D eigenvalue weighted by Crippen LogP contribution is 1.99. The molecule has 0 aliphatic carbocycles. The molecule has 0 fully saturated rings. The Morgan fingerprint density at radius 2 is 2.33 bits per heavy atom. The minimum Gasteiger partial charge on any atom is -0.466 e. The molecule has 1 N–H and O–H groups in total. The van der Waals surface area contributed by atoms with Gasteiger partial charge in [0.1, 0.15) is 5.82 Å². The Balaban J connectivity index is 2.14. The fraction of sp³-hybridized carbons (Fsp3) is 0.692. The molecular formula is C13H23N3O2. The maximum absolute atomic E-state index is 11.1. The van der Waals surface area contributed by atoms with Crippen molar-refractivity contribution in [3.63, 3.8) is 0 Å². The molecule has 1 heterocycles. The predicted octanol–water partition coefficient (Wildman–Crippen LogP) is 1.73. The third-order valence-electron chi connectivity index (χ3n) is 2.59. The SMILES string of the molecule is CCCn1ccnc1CNCCCC(=O)OCC. The van der Waals surface area contributed by atoms with E-state index in [1.54, 1.807) is 0 Å². The van der Waals surface area contributed by atoms with Gasteiger partial charge in [0.15, 0.2) is 0 Å². The number of aryl methyl sites for hydroxylation is 1. The van der Waals surface area contributed by atoms with Gasteiger partial charge in [0.25, 0.3) is 0 Å². The summed E-state index contributed by atoms with van der Waals surface area (Å²) in [4.78, 5) is 15.4. The van der Waals surface area contributed by atoms with Crippen LogP contribution >= 0.6 is 0 Å². The maximum atomic E-state index is 11.1. The monoisotopic (exact) mass is 253 g/mol. The van der Waals surface area contributed by atoms with Gasteiger partial charge in [0.05, 0.1) is 13.2 Å². The van der Waals surface area contributed by atoms with E-state index in [0.29, 0.717) is 13.0 Å². The van der Waals surface area contributed by atoms with Gasteiger partial charge in [0.2, 0.25) is 0 Å². The van der Waals surface area contributed by atoms with Crippen LogP contribution in [-0.4, -0.2) is 28.7 Å². The minimum absolute atomic E-state index is 0.119. The quantitative estimate of drug-likeness (QED) is 0.538. The molecule has 1 aromatic heterocycles. The van der Waals surface area contributed by atoms with E-state index in [1.165, 1.54) is 0 Å². The smallest absolute Gasteiger partial charge is 0.305 e. The first-order valence-corrected chi connectivity index (χ1v) is 6.64. The average molecular weight is 253 g/mol. The first-order valence-electron chi connectivity index (χ1n) is 6.64. The summed E-state index contributed by atoms with van der Waals surface area (Å²) in [5.41, 5.74) is 0. The van der Waals surface area contributed by atoms with Crippen molar-refractivity contribution in [2.24, 2.45) is 0 Å². The molecule has 102 valence electrons. The molecule has 0 amide bonds. The molecule has 0 unspecified atom stereocenters. The largest absolute Gasteiger partial charge is 0.466 e. The highest BCUT2D eigenvalue weighted by Gasteiger charge is 2.03. The molecule has 18 heavy (non-hydrogen) atoms. The van der Waals surface area contributed by atoms with E-state index in [4.69, 9.17) is 4.74 Å². The van der Waals surface area contributed by atoms with E-state index in [1.807, 2.05) is 19.3 Å². The second kappa shape index (κ2) is 8.69. The number of ether oxygens (including phenoxy) is 1. The Kier molecular flexibility index (Phi) is 7.10. The zero-order valence-electron chi connectivity index (χ0n) is 11.3. The van der Waals surface area contributed by atoms with Crippen LogP contribution in [0.3, 0.4) is 0 Å². The van der Waals surface area contributed by atoms with Gasteiger partial charge in [-0.2, -0.15) is 0 Å². The number of hydrogen-bond donors (Lipinski definition) is 1. The van der Waals surface area contributed by atoms with Crippen molar-refractivity contribution in [2.45, 2.75) is 46.2 Å². The van der Waals surface area contributed by atoms with Crippen molar-refractivity contribution in [3.05, 3.63) is 18.2 Å². The van der Waals surface area contributed by atoms with Crippen molar-refractivity contribution in [1.29, 1.82) is 0 Å². The lowest BCUT2D eigenvalue weighted by atomic mass is 10.3. The lowest BCUT2D eigenvalue weighted by molar-refractivity contribution is -0.143. The summed E-state index contributed by atoms with van der Waals surface area (Å²) in [6, 6.07) is 0. The number of carbonyl (C=O) groups excluding carboxylic acids is 1. The van der Waals surface area contributed by atoms with Gasteiger partial charge in [-0.1, -0.05) is 6.92 Å². The van der Waals surface area contributed by atoms with E-state index in [2.05, 4.69) is 21.8 Å².